The fourth-order valence-corrected chi connectivity index (χ4v) is 0.784. The third kappa shape index (κ3) is 1.14. The maximum Gasteiger partial charge on any atom is 0.108 e. The van der Waals surface area contributed by atoms with Gasteiger partial charge in [-0.15, -0.1) is 6.42 Å². The van der Waals surface area contributed by atoms with Gasteiger partial charge in [0.2, 0.25) is 0 Å². The zero-order valence-electron chi connectivity index (χ0n) is 5.09. The second-order valence-electron chi connectivity index (χ2n) is 1.95. The average molecular weight is 120 g/mol. The minimum atomic E-state index is 0.347. The number of hydrogen-bond acceptors (Lipinski definition) is 1. The second-order valence-corrected chi connectivity index (χ2v) is 1.95. The standard InChI is InChI=1S/C8H8O/c1-2-7-5-3-4-6-8(7)9/h1,3,5,9H,4,6H2. The highest BCUT2D eigenvalue weighted by Crippen LogP contribution is 2.14. The monoisotopic (exact) mass is 120 g/mol. The Kier molecular flexibility index (Phi) is 1.60. The predicted molar refractivity (Wildman–Crippen MR) is 36.9 cm³/mol. The van der Waals surface area contributed by atoms with Gasteiger partial charge in [0.25, 0.3) is 0 Å². The summed E-state index contributed by atoms with van der Waals surface area (Å²) in [7, 11) is 0. The summed E-state index contributed by atoms with van der Waals surface area (Å²) in [5, 5.41) is 9.05. The van der Waals surface area contributed by atoms with Gasteiger partial charge in [-0.3, -0.25) is 0 Å². The Morgan fingerprint density at radius 3 is 2.89 bits per heavy atom. The van der Waals surface area contributed by atoms with Crippen molar-refractivity contribution in [1.29, 1.82) is 0 Å². The van der Waals surface area contributed by atoms with Gasteiger partial charge < -0.3 is 5.11 Å². The Balaban J connectivity index is 2.88. The molecule has 1 heteroatoms. The number of terminal acetylenes is 1. The van der Waals surface area contributed by atoms with E-state index >= 15 is 0 Å². The highest BCUT2D eigenvalue weighted by molar-refractivity contribution is 5.39. The Morgan fingerprint density at radius 1 is 1.67 bits per heavy atom. The van der Waals surface area contributed by atoms with Gasteiger partial charge in [-0.1, -0.05) is 12.0 Å². The van der Waals surface area contributed by atoms with Crippen LogP contribution in [0.3, 0.4) is 0 Å². The zero-order valence-corrected chi connectivity index (χ0v) is 5.09. The molecule has 1 rings (SSSR count). The summed E-state index contributed by atoms with van der Waals surface area (Å²) in [5.74, 6) is 2.74. The van der Waals surface area contributed by atoms with Crippen molar-refractivity contribution in [3.63, 3.8) is 0 Å². The molecule has 0 spiro atoms. The molecule has 1 nitrogen and oxygen atoms in total. The number of aliphatic hydroxyl groups excluding tert-OH is 1. The topological polar surface area (TPSA) is 20.2 Å². The lowest BCUT2D eigenvalue weighted by Crippen LogP contribution is -1.90. The summed E-state index contributed by atoms with van der Waals surface area (Å²) in [5.41, 5.74) is 0.626. The van der Waals surface area contributed by atoms with Crippen molar-refractivity contribution in [2.45, 2.75) is 12.8 Å². The molecule has 0 atom stereocenters. The SMILES string of the molecule is C#CC1=C(O)CCC=C1. The number of rotatable bonds is 0. The Bertz CT molecular complexity index is 203. The number of hydrogen-bond donors (Lipinski definition) is 1. The number of allylic oxidation sites excluding steroid dienone is 4. The van der Waals surface area contributed by atoms with Crippen LogP contribution in [0.4, 0.5) is 0 Å². The van der Waals surface area contributed by atoms with Gasteiger partial charge in [0.05, 0.1) is 5.57 Å². The van der Waals surface area contributed by atoms with E-state index in [-0.39, 0.29) is 0 Å². The van der Waals surface area contributed by atoms with Crippen LogP contribution in [-0.2, 0) is 0 Å². The molecule has 0 unspecified atom stereocenters. The van der Waals surface area contributed by atoms with Gasteiger partial charge in [0.15, 0.2) is 0 Å². The fraction of sp³-hybridized carbons (Fsp3) is 0.250. The van der Waals surface area contributed by atoms with E-state index in [1.807, 2.05) is 6.08 Å². The minimum absolute atomic E-state index is 0.347. The van der Waals surface area contributed by atoms with Crippen LogP contribution in [0.25, 0.3) is 0 Å². The lowest BCUT2D eigenvalue weighted by molar-refractivity contribution is 0.384. The largest absolute Gasteiger partial charge is 0.511 e. The lowest BCUT2D eigenvalue weighted by atomic mass is 10.1. The van der Waals surface area contributed by atoms with Crippen LogP contribution < -0.4 is 0 Å². The molecule has 0 bridgehead atoms. The van der Waals surface area contributed by atoms with E-state index in [1.54, 1.807) is 6.08 Å². The smallest absolute Gasteiger partial charge is 0.108 e. The van der Waals surface area contributed by atoms with Crippen LogP contribution in [0.1, 0.15) is 12.8 Å². The molecule has 0 aromatic heterocycles. The molecule has 0 aliphatic heterocycles. The van der Waals surface area contributed by atoms with Crippen LogP contribution in [0, 0.1) is 12.3 Å². The molecular formula is C8H8O. The Hall–Kier alpha value is -1.16. The van der Waals surface area contributed by atoms with E-state index in [9.17, 15) is 0 Å². The number of aliphatic hydroxyl groups is 1. The summed E-state index contributed by atoms with van der Waals surface area (Å²) < 4.78 is 0. The maximum absolute atomic E-state index is 9.05. The van der Waals surface area contributed by atoms with Gasteiger partial charge in [0, 0.05) is 6.42 Å². The molecule has 0 aromatic rings. The first-order valence-electron chi connectivity index (χ1n) is 2.90. The molecule has 9 heavy (non-hydrogen) atoms. The minimum Gasteiger partial charge on any atom is -0.511 e. The summed E-state index contributed by atoms with van der Waals surface area (Å²) in [6.07, 6.45) is 10.4. The van der Waals surface area contributed by atoms with E-state index in [2.05, 4.69) is 5.92 Å². The van der Waals surface area contributed by atoms with Crippen LogP contribution in [0.2, 0.25) is 0 Å². The summed E-state index contributed by atoms with van der Waals surface area (Å²) in [4.78, 5) is 0. The van der Waals surface area contributed by atoms with Crippen molar-refractivity contribution in [2.75, 3.05) is 0 Å². The third-order valence-corrected chi connectivity index (χ3v) is 1.30. The van der Waals surface area contributed by atoms with E-state index in [4.69, 9.17) is 11.5 Å². The Labute approximate surface area is 54.7 Å². The molecule has 0 aromatic carbocycles. The van der Waals surface area contributed by atoms with Crippen LogP contribution in [0.15, 0.2) is 23.5 Å². The molecule has 0 radical (unpaired) electrons. The van der Waals surface area contributed by atoms with E-state index in [1.165, 1.54) is 0 Å². The summed E-state index contributed by atoms with van der Waals surface area (Å²) in [6.45, 7) is 0. The highest BCUT2D eigenvalue weighted by Gasteiger charge is 2.02. The van der Waals surface area contributed by atoms with Crippen molar-refractivity contribution in [1.82, 2.24) is 0 Å². The maximum atomic E-state index is 9.05. The van der Waals surface area contributed by atoms with Gasteiger partial charge in [-0.25, -0.2) is 0 Å². The van der Waals surface area contributed by atoms with Gasteiger partial charge in [-0.2, -0.15) is 0 Å². The zero-order chi connectivity index (χ0) is 6.69. The van der Waals surface area contributed by atoms with Crippen molar-refractivity contribution in [2.24, 2.45) is 0 Å². The molecule has 1 N–H and O–H groups in total. The Morgan fingerprint density at radius 2 is 2.44 bits per heavy atom. The summed E-state index contributed by atoms with van der Waals surface area (Å²) in [6, 6.07) is 0. The predicted octanol–water partition coefficient (Wildman–Crippen LogP) is 1.78. The fourth-order valence-electron chi connectivity index (χ4n) is 0.784. The molecule has 0 saturated carbocycles. The average Bonchev–Trinajstić information content (AvgIpc) is 1.89. The summed E-state index contributed by atoms with van der Waals surface area (Å²) >= 11 is 0. The van der Waals surface area contributed by atoms with E-state index in [0.717, 1.165) is 6.42 Å². The van der Waals surface area contributed by atoms with Crippen LogP contribution in [0.5, 0.6) is 0 Å². The van der Waals surface area contributed by atoms with E-state index in [0.29, 0.717) is 17.8 Å². The molecular weight excluding hydrogens is 112 g/mol. The molecule has 0 heterocycles. The van der Waals surface area contributed by atoms with Crippen molar-refractivity contribution < 1.29 is 5.11 Å². The highest BCUT2D eigenvalue weighted by atomic mass is 16.3. The quantitative estimate of drug-likeness (QED) is 0.483. The molecule has 46 valence electrons. The molecule has 1 aliphatic rings. The third-order valence-electron chi connectivity index (χ3n) is 1.30. The van der Waals surface area contributed by atoms with Crippen molar-refractivity contribution >= 4 is 0 Å². The lowest BCUT2D eigenvalue weighted by Gasteiger charge is -2.03. The normalized spacial score (nSPS) is 17.7. The van der Waals surface area contributed by atoms with E-state index < -0.39 is 0 Å². The molecule has 0 saturated heterocycles. The first-order valence-corrected chi connectivity index (χ1v) is 2.90. The second kappa shape index (κ2) is 2.41. The van der Waals surface area contributed by atoms with Gasteiger partial charge >= 0.3 is 0 Å². The molecule has 0 amide bonds. The first-order chi connectivity index (χ1) is 4.34. The molecule has 1 aliphatic carbocycles. The molecule has 0 fully saturated rings. The van der Waals surface area contributed by atoms with Crippen molar-refractivity contribution in [3.05, 3.63) is 23.5 Å². The van der Waals surface area contributed by atoms with Gasteiger partial charge in [0.1, 0.15) is 5.76 Å². The van der Waals surface area contributed by atoms with Crippen molar-refractivity contribution in [3.8, 4) is 12.3 Å². The first kappa shape index (κ1) is 5.97. The van der Waals surface area contributed by atoms with Gasteiger partial charge in [-0.05, 0) is 12.5 Å². The van der Waals surface area contributed by atoms with Crippen LogP contribution >= 0.6 is 0 Å². The van der Waals surface area contributed by atoms with Crippen LogP contribution in [-0.4, -0.2) is 5.11 Å².